The molecule has 0 spiro atoms. The summed E-state index contributed by atoms with van der Waals surface area (Å²) in [6.45, 7) is 0. The number of hydrogen-bond acceptors (Lipinski definition) is 9. The number of carbonyl (C=O) groups excluding carboxylic acids is 2. The Bertz CT molecular complexity index is 1650. The third-order valence-electron chi connectivity index (χ3n) is 5.39. The fourth-order valence-corrected chi connectivity index (χ4v) is 4.43. The summed E-state index contributed by atoms with van der Waals surface area (Å²) in [5.41, 5.74) is 2.83. The standard InChI is InChI=1S/C20H14N6O2S.C8H7ClO2/c1-28-16-7-5-14(6-8-16)18(27)25-20-24-17(15-4-2-3-13(9-15)10-21)19(29-20)26-12-22-11-23-26;1-11-7-4-2-6(3-5-7)8(9)10/h2-9,11-12H,1H3,(H,24,25,27);2-5H,1H3. The minimum Gasteiger partial charge on any atom is -0.497 e. The van der Waals surface area contributed by atoms with Gasteiger partial charge in [0.15, 0.2) is 5.13 Å². The Kier molecular flexibility index (Phi) is 9.19. The molecule has 200 valence electrons. The maximum absolute atomic E-state index is 12.6. The normalized spacial score (nSPS) is 10.1. The second kappa shape index (κ2) is 13.1. The van der Waals surface area contributed by atoms with Gasteiger partial charge in [0.25, 0.3) is 11.1 Å². The molecule has 1 amide bonds. The molecular formula is C28H21ClN6O4S. The Labute approximate surface area is 238 Å². The number of nitriles is 1. The van der Waals surface area contributed by atoms with Gasteiger partial charge in [0, 0.05) is 16.7 Å². The molecule has 2 aromatic heterocycles. The van der Waals surface area contributed by atoms with Crippen LogP contribution in [0.15, 0.2) is 85.5 Å². The summed E-state index contributed by atoms with van der Waals surface area (Å²) in [5, 5.41) is 16.8. The zero-order chi connectivity index (χ0) is 28.5. The number of rotatable bonds is 7. The third kappa shape index (κ3) is 6.87. The molecule has 2 heterocycles. The lowest BCUT2D eigenvalue weighted by atomic mass is 10.1. The molecule has 0 atom stereocenters. The summed E-state index contributed by atoms with van der Waals surface area (Å²) >= 11 is 6.48. The van der Waals surface area contributed by atoms with Gasteiger partial charge in [-0.2, -0.15) is 10.4 Å². The Morgan fingerprint density at radius 1 is 0.975 bits per heavy atom. The number of aromatic nitrogens is 4. The molecule has 5 rings (SSSR count). The van der Waals surface area contributed by atoms with Crippen molar-refractivity contribution < 1.29 is 19.1 Å². The molecule has 0 radical (unpaired) electrons. The van der Waals surface area contributed by atoms with Crippen molar-refractivity contribution in [3.05, 3.63) is 102 Å². The molecule has 3 aromatic carbocycles. The monoisotopic (exact) mass is 572 g/mol. The highest BCUT2D eigenvalue weighted by molar-refractivity contribution is 7.18. The highest BCUT2D eigenvalue weighted by Gasteiger charge is 2.18. The molecule has 1 N–H and O–H groups in total. The van der Waals surface area contributed by atoms with E-state index in [2.05, 4.69) is 26.5 Å². The lowest BCUT2D eigenvalue weighted by Crippen LogP contribution is -2.11. The topological polar surface area (TPSA) is 132 Å². The third-order valence-corrected chi connectivity index (χ3v) is 6.57. The molecular weight excluding hydrogens is 552 g/mol. The predicted octanol–water partition coefficient (Wildman–Crippen LogP) is 5.60. The number of methoxy groups -OCH3 is 2. The molecule has 0 aliphatic carbocycles. The summed E-state index contributed by atoms with van der Waals surface area (Å²) < 4.78 is 11.6. The van der Waals surface area contributed by atoms with Crippen molar-refractivity contribution in [2.75, 3.05) is 19.5 Å². The molecule has 10 nitrogen and oxygen atoms in total. The zero-order valence-electron chi connectivity index (χ0n) is 21.2. The van der Waals surface area contributed by atoms with E-state index in [1.807, 2.05) is 6.07 Å². The van der Waals surface area contributed by atoms with E-state index < -0.39 is 5.24 Å². The van der Waals surface area contributed by atoms with Crippen molar-refractivity contribution in [2.45, 2.75) is 0 Å². The van der Waals surface area contributed by atoms with Crippen molar-refractivity contribution in [3.8, 4) is 33.8 Å². The van der Waals surface area contributed by atoms with Crippen LogP contribution in [0.5, 0.6) is 11.5 Å². The molecule has 5 aromatic rings. The number of benzene rings is 3. The average molecular weight is 573 g/mol. The van der Waals surface area contributed by atoms with Gasteiger partial charge in [0.1, 0.15) is 34.8 Å². The summed E-state index contributed by atoms with van der Waals surface area (Å²) in [4.78, 5) is 31.7. The zero-order valence-corrected chi connectivity index (χ0v) is 22.8. The lowest BCUT2D eigenvalue weighted by Gasteiger charge is -2.03. The summed E-state index contributed by atoms with van der Waals surface area (Å²) in [6, 6.07) is 22.6. The second-order valence-electron chi connectivity index (χ2n) is 7.89. The first-order valence-corrected chi connectivity index (χ1v) is 12.8. The van der Waals surface area contributed by atoms with Crippen molar-refractivity contribution in [2.24, 2.45) is 0 Å². The van der Waals surface area contributed by atoms with Crippen molar-refractivity contribution in [3.63, 3.8) is 0 Å². The summed E-state index contributed by atoms with van der Waals surface area (Å²) in [5.74, 6) is 1.10. The molecule has 0 saturated carbocycles. The second-order valence-corrected chi connectivity index (χ2v) is 9.21. The quantitative estimate of drug-likeness (QED) is 0.249. The highest BCUT2D eigenvalue weighted by Crippen LogP contribution is 2.34. The fourth-order valence-electron chi connectivity index (χ4n) is 3.39. The Morgan fingerprint density at radius 2 is 1.62 bits per heavy atom. The average Bonchev–Trinajstić information content (AvgIpc) is 3.68. The van der Waals surface area contributed by atoms with Crippen LogP contribution in [0.25, 0.3) is 16.3 Å². The van der Waals surface area contributed by atoms with Gasteiger partial charge in [-0.15, -0.1) is 0 Å². The summed E-state index contributed by atoms with van der Waals surface area (Å²) in [6.07, 6.45) is 2.98. The SMILES string of the molecule is COc1ccc(C(=O)Cl)cc1.COc1ccc(C(=O)Nc2nc(-c3cccc(C#N)c3)c(-n3cncn3)s2)cc1. The minimum atomic E-state index is -0.451. The van der Waals surface area contributed by atoms with E-state index in [0.717, 1.165) is 5.56 Å². The highest BCUT2D eigenvalue weighted by atomic mass is 35.5. The molecule has 40 heavy (non-hydrogen) atoms. The largest absolute Gasteiger partial charge is 0.497 e. The van der Waals surface area contributed by atoms with Gasteiger partial charge < -0.3 is 9.47 Å². The molecule has 0 saturated heterocycles. The van der Waals surface area contributed by atoms with Gasteiger partial charge in [-0.25, -0.2) is 14.6 Å². The number of nitrogens with one attached hydrogen (secondary N) is 1. The first kappa shape index (κ1) is 28.0. The smallest absolute Gasteiger partial charge is 0.257 e. The van der Waals surface area contributed by atoms with Gasteiger partial charge in [-0.3, -0.25) is 14.9 Å². The van der Waals surface area contributed by atoms with E-state index in [0.29, 0.717) is 44.0 Å². The summed E-state index contributed by atoms with van der Waals surface area (Å²) in [7, 11) is 3.14. The Morgan fingerprint density at radius 3 is 2.17 bits per heavy atom. The van der Waals surface area contributed by atoms with Crippen LogP contribution in [0.2, 0.25) is 0 Å². The van der Waals surface area contributed by atoms with Crippen LogP contribution in [0.4, 0.5) is 5.13 Å². The maximum Gasteiger partial charge on any atom is 0.257 e. The maximum atomic E-state index is 12.6. The molecule has 0 aliphatic heterocycles. The van der Waals surface area contributed by atoms with E-state index in [4.69, 9.17) is 21.1 Å². The van der Waals surface area contributed by atoms with Crippen molar-refractivity contribution >= 4 is 39.2 Å². The van der Waals surface area contributed by atoms with Crippen LogP contribution >= 0.6 is 22.9 Å². The number of hydrogen-bond donors (Lipinski definition) is 1. The van der Waals surface area contributed by atoms with E-state index in [1.165, 1.54) is 17.7 Å². The van der Waals surface area contributed by atoms with Crippen LogP contribution in [-0.4, -0.2) is 45.1 Å². The van der Waals surface area contributed by atoms with Gasteiger partial charge in [0.05, 0.1) is 25.9 Å². The number of anilines is 1. The predicted molar refractivity (Wildman–Crippen MR) is 151 cm³/mol. The van der Waals surface area contributed by atoms with Gasteiger partial charge >= 0.3 is 0 Å². The first-order chi connectivity index (χ1) is 19.4. The van der Waals surface area contributed by atoms with Crippen LogP contribution < -0.4 is 14.8 Å². The number of ether oxygens (including phenoxy) is 2. The number of carbonyl (C=O) groups is 2. The first-order valence-electron chi connectivity index (χ1n) is 11.6. The Hall–Kier alpha value is -5.05. The van der Waals surface area contributed by atoms with E-state index in [1.54, 1.807) is 92.0 Å². The fraction of sp³-hybridized carbons (Fsp3) is 0.0714. The van der Waals surface area contributed by atoms with E-state index >= 15 is 0 Å². The van der Waals surface area contributed by atoms with Crippen LogP contribution in [0, 0.1) is 11.3 Å². The van der Waals surface area contributed by atoms with E-state index in [-0.39, 0.29) is 5.91 Å². The van der Waals surface area contributed by atoms with Gasteiger partial charge in [-0.05, 0) is 72.3 Å². The van der Waals surface area contributed by atoms with Crippen molar-refractivity contribution in [1.82, 2.24) is 19.7 Å². The Balaban J connectivity index is 0.000000283. The number of amides is 1. The molecule has 0 aliphatic rings. The molecule has 0 fully saturated rings. The van der Waals surface area contributed by atoms with Gasteiger partial charge in [-0.1, -0.05) is 23.5 Å². The number of nitrogens with zero attached hydrogens (tertiary/aromatic N) is 5. The van der Waals surface area contributed by atoms with Gasteiger partial charge in [0.2, 0.25) is 0 Å². The number of halogens is 1. The number of thiazole rings is 1. The molecule has 12 heteroatoms. The van der Waals surface area contributed by atoms with Crippen molar-refractivity contribution in [1.29, 1.82) is 5.26 Å². The minimum absolute atomic E-state index is 0.288. The van der Waals surface area contributed by atoms with Crippen LogP contribution in [0.3, 0.4) is 0 Å². The molecule has 0 unspecified atom stereocenters. The van der Waals surface area contributed by atoms with Crippen LogP contribution in [0.1, 0.15) is 26.3 Å². The lowest BCUT2D eigenvalue weighted by molar-refractivity contribution is 0.102. The van der Waals surface area contributed by atoms with E-state index in [9.17, 15) is 14.9 Å². The molecule has 0 bridgehead atoms. The van der Waals surface area contributed by atoms with Crippen LogP contribution in [-0.2, 0) is 0 Å².